The normalized spacial score (nSPS) is 31.0. The Balaban J connectivity index is 1.58. The van der Waals surface area contributed by atoms with Crippen molar-refractivity contribution in [2.75, 3.05) is 0 Å². The number of fused-ring (bicyclic) bond motifs is 5. The van der Waals surface area contributed by atoms with Crippen LogP contribution in [-0.4, -0.2) is 23.8 Å². The summed E-state index contributed by atoms with van der Waals surface area (Å²) in [5.41, 5.74) is 3.93. The molecule has 2 aromatic rings. The van der Waals surface area contributed by atoms with E-state index in [0.717, 1.165) is 28.7 Å². The van der Waals surface area contributed by atoms with Gasteiger partial charge in [-0.3, -0.25) is 9.59 Å². The van der Waals surface area contributed by atoms with Crippen LogP contribution >= 0.6 is 11.6 Å². The van der Waals surface area contributed by atoms with Crippen LogP contribution in [0, 0.1) is 11.8 Å². The van der Waals surface area contributed by atoms with Crippen LogP contribution in [0.25, 0.3) is 11.1 Å². The molecule has 2 aromatic carbocycles. The van der Waals surface area contributed by atoms with Crippen molar-refractivity contribution in [1.82, 2.24) is 0 Å². The zero-order chi connectivity index (χ0) is 18.7. The van der Waals surface area contributed by atoms with Crippen molar-refractivity contribution in [1.29, 1.82) is 0 Å². The first-order valence-corrected chi connectivity index (χ1v) is 9.76. The third-order valence-electron chi connectivity index (χ3n) is 6.14. The van der Waals surface area contributed by atoms with E-state index in [1.807, 2.05) is 54.6 Å². The maximum atomic E-state index is 13.2. The number of ketones is 2. The van der Waals surface area contributed by atoms with Gasteiger partial charge in [0, 0.05) is 5.02 Å². The van der Waals surface area contributed by atoms with Gasteiger partial charge in [-0.2, -0.15) is 0 Å². The molecule has 2 fully saturated rings. The van der Waals surface area contributed by atoms with Crippen molar-refractivity contribution in [3.63, 3.8) is 0 Å². The smallest absolute Gasteiger partial charge is 0.154 e. The second-order valence-electron chi connectivity index (χ2n) is 7.51. The van der Waals surface area contributed by atoms with Crippen LogP contribution in [0.15, 0.2) is 54.6 Å². The molecule has 0 spiro atoms. The van der Waals surface area contributed by atoms with Crippen LogP contribution in [0.5, 0.6) is 0 Å². The van der Waals surface area contributed by atoms with Crippen molar-refractivity contribution < 1.29 is 14.3 Å². The zero-order valence-electron chi connectivity index (χ0n) is 14.9. The van der Waals surface area contributed by atoms with Gasteiger partial charge in [-0.25, -0.2) is 0 Å². The summed E-state index contributed by atoms with van der Waals surface area (Å²) in [6.45, 7) is 2.06. The molecule has 4 heteroatoms. The molecule has 1 aliphatic carbocycles. The topological polar surface area (TPSA) is 43.4 Å². The fourth-order valence-electron chi connectivity index (χ4n) is 4.83. The minimum Gasteiger partial charge on any atom is -0.365 e. The lowest BCUT2D eigenvalue weighted by Gasteiger charge is -2.17. The van der Waals surface area contributed by atoms with Crippen LogP contribution in [0.1, 0.15) is 24.0 Å². The highest BCUT2D eigenvalue weighted by Gasteiger charge is 2.61. The highest BCUT2D eigenvalue weighted by atomic mass is 35.5. The summed E-state index contributed by atoms with van der Waals surface area (Å²) in [6.07, 6.45) is 4.19. The molecule has 5 rings (SSSR count). The molecule has 1 unspecified atom stereocenters. The fraction of sp³-hybridized carbons (Fsp3) is 0.304. The monoisotopic (exact) mass is 378 g/mol. The maximum absolute atomic E-state index is 13.2. The van der Waals surface area contributed by atoms with E-state index in [1.54, 1.807) is 0 Å². The van der Waals surface area contributed by atoms with Crippen molar-refractivity contribution >= 4 is 23.2 Å². The third kappa shape index (κ3) is 2.45. The minimum atomic E-state index is -0.670. The maximum Gasteiger partial charge on any atom is 0.154 e. The van der Waals surface area contributed by atoms with E-state index in [2.05, 4.69) is 6.92 Å². The predicted molar refractivity (Wildman–Crippen MR) is 104 cm³/mol. The first-order chi connectivity index (χ1) is 13.1. The molecule has 0 radical (unpaired) electrons. The van der Waals surface area contributed by atoms with E-state index >= 15 is 0 Å². The molecule has 2 heterocycles. The molecule has 27 heavy (non-hydrogen) atoms. The Morgan fingerprint density at radius 2 is 1.48 bits per heavy atom. The average Bonchev–Trinajstić information content (AvgIpc) is 3.36. The number of hydrogen-bond acceptors (Lipinski definition) is 3. The van der Waals surface area contributed by atoms with E-state index in [1.165, 1.54) is 0 Å². The van der Waals surface area contributed by atoms with E-state index in [0.29, 0.717) is 5.02 Å². The number of carbonyl (C=O) groups is 2. The van der Waals surface area contributed by atoms with E-state index < -0.39 is 5.92 Å². The number of halogens is 1. The molecule has 5 atom stereocenters. The molecular weight excluding hydrogens is 360 g/mol. The fourth-order valence-corrected chi connectivity index (χ4v) is 4.95. The third-order valence-corrected chi connectivity index (χ3v) is 6.39. The summed E-state index contributed by atoms with van der Waals surface area (Å²) in [4.78, 5) is 26.4. The number of rotatable bonds is 3. The van der Waals surface area contributed by atoms with E-state index in [4.69, 9.17) is 16.3 Å². The molecule has 136 valence electrons. The molecule has 2 bridgehead atoms. The summed E-state index contributed by atoms with van der Waals surface area (Å²) in [5.74, 6) is -1.27. The molecule has 3 aliphatic rings. The van der Waals surface area contributed by atoms with Gasteiger partial charge in [-0.15, -0.1) is 0 Å². The standard InChI is InChI=1S/C23H19ClO3/c1-2-12-3-4-14(13-5-7-15(24)8-6-13)11-16(12)19-22(25)20-17-9-10-18(27-17)21(20)23(19)26/h3-11,17-21H,2H2,1H3/t17-,18-,19?,20-,21+/m1/s1. The van der Waals surface area contributed by atoms with Crippen molar-refractivity contribution in [2.24, 2.45) is 11.8 Å². The first-order valence-electron chi connectivity index (χ1n) is 9.38. The number of carbonyl (C=O) groups excluding carboxylic acids is 2. The van der Waals surface area contributed by atoms with Gasteiger partial charge >= 0.3 is 0 Å². The Bertz CT molecular complexity index is 946. The Labute approximate surface area is 163 Å². The summed E-state index contributed by atoms with van der Waals surface area (Å²) >= 11 is 6.00. The second-order valence-corrected chi connectivity index (χ2v) is 7.95. The molecule has 0 aromatic heterocycles. The molecule has 0 N–H and O–H groups in total. The Hall–Kier alpha value is -2.23. The van der Waals surface area contributed by atoms with E-state index in [-0.39, 0.29) is 35.6 Å². The summed E-state index contributed by atoms with van der Waals surface area (Å²) in [6, 6.07) is 13.7. The molecule has 3 nitrogen and oxygen atoms in total. The molecular formula is C23H19ClO3. The van der Waals surface area contributed by atoms with Gasteiger partial charge < -0.3 is 4.74 Å². The van der Waals surface area contributed by atoms with Gasteiger partial charge in [0.05, 0.1) is 24.0 Å². The van der Waals surface area contributed by atoms with Crippen LogP contribution in [0.3, 0.4) is 0 Å². The Morgan fingerprint density at radius 3 is 2.07 bits per heavy atom. The van der Waals surface area contributed by atoms with Gasteiger partial charge in [-0.1, -0.05) is 54.9 Å². The predicted octanol–water partition coefficient (Wildman–Crippen LogP) is 4.37. The summed E-state index contributed by atoms with van der Waals surface area (Å²) in [7, 11) is 0. The summed E-state index contributed by atoms with van der Waals surface area (Å²) in [5, 5.41) is 0.682. The molecule has 0 amide bonds. The Morgan fingerprint density at radius 1 is 0.889 bits per heavy atom. The molecule has 2 aliphatic heterocycles. The lowest BCUT2D eigenvalue weighted by Crippen LogP contribution is -2.26. The number of ether oxygens (including phenoxy) is 1. The van der Waals surface area contributed by atoms with Gasteiger partial charge in [0.15, 0.2) is 11.6 Å². The second kappa shape index (κ2) is 6.15. The van der Waals surface area contributed by atoms with Gasteiger partial charge in [0.1, 0.15) is 5.92 Å². The molecule has 1 saturated heterocycles. The van der Waals surface area contributed by atoms with Crippen molar-refractivity contribution in [2.45, 2.75) is 31.5 Å². The quantitative estimate of drug-likeness (QED) is 0.588. The minimum absolute atomic E-state index is 0.0183. The van der Waals surface area contributed by atoms with Crippen molar-refractivity contribution in [3.05, 3.63) is 70.8 Å². The lowest BCUT2D eigenvalue weighted by atomic mass is 9.85. The average molecular weight is 379 g/mol. The number of benzene rings is 2. The van der Waals surface area contributed by atoms with Gasteiger partial charge in [0.25, 0.3) is 0 Å². The van der Waals surface area contributed by atoms with Crippen LogP contribution in [0.4, 0.5) is 0 Å². The van der Waals surface area contributed by atoms with Crippen LogP contribution in [-0.2, 0) is 20.7 Å². The lowest BCUT2D eigenvalue weighted by molar-refractivity contribution is -0.127. The largest absolute Gasteiger partial charge is 0.365 e. The van der Waals surface area contributed by atoms with Crippen LogP contribution in [0.2, 0.25) is 5.02 Å². The number of hydrogen-bond donors (Lipinski definition) is 0. The highest BCUT2D eigenvalue weighted by molar-refractivity contribution is 6.30. The summed E-state index contributed by atoms with van der Waals surface area (Å²) < 4.78 is 5.76. The van der Waals surface area contributed by atoms with Gasteiger partial charge in [0.2, 0.25) is 0 Å². The number of Topliss-reactive ketones (excluding diaryl/α,β-unsaturated/α-hetero) is 2. The van der Waals surface area contributed by atoms with Crippen LogP contribution < -0.4 is 0 Å². The number of aryl methyl sites for hydroxylation is 1. The van der Waals surface area contributed by atoms with Gasteiger partial charge in [-0.05, 0) is 46.9 Å². The highest BCUT2D eigenvalue weighted by Crippen LogP contribution is 2.50. The van der Waals surface area contributed by atoms with E-state index in [9.17, 15) is 9.59 Å². The van der Waals surface area contributed by atoms with Crippen molar-refractivity contribution in [3.8, 4) is 11.1 Å². The zero-order valence-corrected chi connectivity index (χ0v) is 15.6. The molecule has 1 saturated carbocycles. The Kier molecular flexibility index (Phi) is 3.85. The first kappa shape index (κ1) is 16.9. The SMILES string of the molecule is CCc1ccc(-c2ccc(Cl)cc2)cc1C1C(=O)[C@@H]2[C@H](C1=O)[C@H]1C=C[C@H]2O1.